The first kappa shape index (κ1) is 23.6. The number of amides is 2. The van der Waals surface area contributed by atoms with Crippen LogP contribution in [0.2, 0.25) is 0 Å². The minimum Gasteiger partial charge on any atom is -0.465 e. The lowest BCUT2D eigenvalue weighted by Gasteiger charge is -2.27. The van der Waals surface area contributed by atoms with E-state index < -0.39 is 24.0 Å². The Hall–Kier alpha value is -4.52. The molecule has 3 aromatic carbocycles. The van der Waals surface area contributed by atoms with Crippen LogP contribution in [0.25, 0.3) is 11.3 Å². The number of nitrogens with one attached hydrogen (secondary N) is 2. The molecular weight excluding hydrogens is 440 g/mol. The van der Waals surface area contributed by atoms with Crippen molar-refractivity contribution in [1.82, 2.24) is 15.3 Å². The van der Waals surface area contributed by atoms with Crippen molar-refractivity contribution in [2.75, 3.05) is 5.32 Å². The zero-order chi connectivity index (χ0) is 24.8. The fourth-order valence-electron chi connectivity index (χ4n) is 4.09. The van der Waals surface area contributed by atoms with E-state index in [-0.39, 0.29) is 0 Å². The summed E-state index contributed by atoms with van der Waals surface area (Å²) in [6.45, 7) is 3.78. The highest BCUT2D eigenvalue weighted by atomic mass is 16.4. The predicted octanol–water partition coefficient (Wildman–Crippen LogP) is 5.17. The smallest absolute Gasteiger partial charge is 0.405 e. The molecule has 4 aromatic rings. The number of carboxylic acid groups (broad SMARTS) is 1. The highest BCUT2D eigenvalue weighted by molar-refractivity contribution is 5.97. The third kappa shape index (κ3) is 5.70. The summed E-state index contributed by atoms with van der Waals surface area (Å²) in [6, 6.07) is 25.1. The maximum Gasteiger partial charge on any atom is 0.405 e. The molecule has 2 amide bonds. The van der Waals surface area contributed by atoms with E-state index in [1.54, 1.807) is 18.3 Å². The van der Waals surface area contributed by atoms with Gasteiger partial charge in [0.1, 0.15) is 11.9 Å². The normalized spacial score (nSPS) is 11.6. The third-order valence-electron chi connectivity index (χ3n) is 5.73. The Morgan fingerprint density at radius 1 is 0.829 bits per heavy atom. The van der Waals surface area contributed by atoms with Crippen molar-refractivity contribution in [2.24, 2.45) is 0 Å². The van der Waals surface area contributed by atoms with Gasteiger partial charge in [0.15, 0.2) is 0 Å². The molecule has 176 valence electrons. The number of aromatic nitrogens is 2. The standard InChI is InChI=1S/C28H26N4O3/c1-18-17-29-19(2)30-25(18)22-13-15-23(16-14-22)31-27(33)26(32-28(34)35)24(20-9-5-3-6-10-20)21-11-7-4-8-12-21/h3-17,24,26,32H,1-2H3,(H,31,33)(H,34,35). The second-order valence-corrected chi connectivity index (χ2v) is 8.24. The Morgan fingerprint density at radius 2 is 1.40 bits per heavy atom. The molecule has 0 aliphatic heterocycles. The van der Waals surface area contributed by atoms with Gasteiger partial charge in [0.25, 0.3) is 0 Å². The van der Waals surface area contributed by atoms with Gasteiger partial charge in [0.05, 0.1) is 5.69 Å². The van der Waals surface area contributed by atoms with Gasteiger partial charge in [-0.2, -0.15) is 0 Å². The minimum absolute atomic E-state index is 0.452. The van der Waals surface area contributed by atoms with Gasteiger partial charge >= 0.3 is 6.09 Å². The number of benzene rings is 3. The maximum absolute atomic E-state index is 13.4. The highest BCUT2D eigenvalue weighted by Crippen LogP contribution is 2.29. The first-order valence-corrected chi connectivity index (χ1v) is 11.2. The van der Waals surface area contributed by atoms with Crippen molar-refractivity contribution < 1.29 is 14.7 Å². The first-order valence-electron chi connectivity index (χ1n) is 11.2. The molecule has 35 heavy (non-hydrogen) atoms. The largest absolute Gasteiger partial charge is 0.465 e. The van der Waals surface area contributed by atoms with Gasteiger partial charge in [-0.1, -0.05) is 72.8 Å². The first-order chi connectivity index (χ1) is 16.9. The average molecular weight is 467 g/mol. The minimum atomic E-state index is -1.27. The number of rotatable bonds is 7. The van der Waals surface area contributed by atoms with Crippen molar-refractivity contribution in [3.63, 3.8) is 0 Å². The zero-order valence-corrected chi connectivity index (χ0v) is 19.5. The van der Waals surface area contributed by atoms with Crippen LogP contribution >= 0.6 is 0 Å². The molecule has 3 N–H and O–H groups in total. The molecule has 1 atom stereocenters. The van der Waals surface area contributed by atoms with E-state index in [0.717, 1.165) is 27.9 Å². The van der Waals surface area contributed by atoms with Crippen LogP contribution in [-0.4, -0.2) is 33.1 Å². The molecule has 0 fully saturated rings. The quantitative estimate of drug-likeness (QED) is 0.349. The van der Waals surface area contributed by atoms with Crippen molar-refractivity contribution in [3.05, 3.63) is 114 Å². The number of carbonyl (C=O) groups is 2. The van der Waals surface area contributed by atoms with E-state index in [1.165, 1.54) is 0 Å². The van der Waals surface area contributed by atoms with Crippen LogP contribution in [0.15, 0.2) is 91.1 Å². The van der Waals surface area contributed by atoms with E-state index in [0.29, 0.717) is 11.5 Å². The van der Waals surface area contributed by atoms with Crippen LogP contribution in [0.1, 0.15) is 28.4 Å². The van der Waals surface area contributed by atoms with Gasteiger partial charge in [-0.15, -0.1) is 0 Å². The number of hydrogen-bond acceptors (Lipinski definition) is 4. The summed E-state index contributed by atoms with van der Waals surface area (Å²) in [7, 11) is 0. The second kappa shape index (κ2) is 10.6. The fraction of sp³-hybridized carbons (Fsp3) is 0.143. The van der Waals surface area contributed by atoms with Crippen molar-refractivity contribution >= 4 is 17.7 Å². The van der Waals surface area contributed by atoms with E-state index in [2.05, 4.69) is 20.6 Å². The van der Waals surface area contributed by atoms with Gasteiger partial charge in [-0.05, 0) is 42.7 Å². The lowest BCUT2D eigenvalue weighted by molar-refractivity contribution is -0.118. The molecule has 0 radical (unpaired) electrons. The van der Waals surface area contributed by atoms with E-state index in [9.17, 15) is 14.7 Å². The maximum atomic E-state index is 13.4. The summed E-state index contributed by atoms with van der Waals surface area (Å²) < 4.78 is 0. The zero-order valence-electron chi connectivity index (χ0n) is 19.5. The summed E-state index contributed by atoms with van der Waals surface area (Å²) in [6.07, 6.45) is 0.509. The van der Waals surface area contributed by atoms with Crippen LogP contribution in [0.3, 0.4) is 0 Å². The van der Waals surface area contributed by atoms with Crippen molar-refractivity contribution in [3.8, 4) is 11.3 Å². The molecule has 0 spiro atoms. The topological polar surface area (TPSA) is 104 Å². The monoisotopic (exact) mass is 466 g/mol. The van der Waals surface area contributed by atoms with E-state index >= 15 is 0 Å². The number of aryl methyl sites for hydroxylation is 2. The molecule has 0 bridgehead atoms. The highest BCUT2D eigenvalue weighted by Gasteiger charge is 2.32. The Labute approximate surface area is 203 Å². The number of anilines is 1. The molecular formula is C28H26N4O3. The fourth-order valence-corrected chi connectivity index (χ4v) is 4.09. The number of nitrogens with zero attached hydrogens (tertiary/aromatic N) is 2. The Morgan fingerprint density at radius 3 is 1.94 bits per heavy atom. The summed E-state index contributed by atoms with van der Waals surface area (Å²) >= 11 is 0. The van der Waals surface area contributed by atoms with Crippen molar-refractivity contribution in [1.29, 1.82) is 0 Å². The molecule has 1 heterocycles. The van der Waals surface area contributed by atoms with Crippen LogP contribution < -0.4 is 10.6 Å². The molecule has 0 aliphatic rings. The van der Waals surface area contributed by atoms with Gasteiger partial charge in [-0.3, -0.25) is 4.79 Å². The lowest BCUT2D eigenvalue weighted by Crippen LogP contribution is -2.47. The molecule has 1 unspecified atom stereocenters. The summed E-state index contributed by atoms with van der Waals surface area (Å²) in [5, 5.41) is 14.9. The molecule has 0 saturated heterocycles. The molecule has 4 rings (SSSR count). The average Bonchev–Trinajstić information content (AvgIpc) is 2.87. The summed E-state index contributed by atoms with van der Waals surface area (Å²) in [5.74, 6) is -0.287. The van der Waals surface area contributed by atoms with Gasteiger partial charge in [-0.25, -0.2) is 14.8 Å². The third-order valence-corrected chi connectivity index (χ3v) is 5.73. The summed E-state index contributed by atoms with van der Waals surface area (Å²) in [5.41, 5.74) is 4.90. The number of hydrogen-bond donors (Lipinski definition) is 3. The Bertz CT molecular complexity index is 1270. The summed E-state index contributed by atoms with van der Waals surface area (Å²) in [4.78, 5) is 33.8. The molecule has 0 aliphatic carbocycles. The van der Waals surface area contributed by atoms with Crippen LogP contribution in [-0.2, 0) is 4.79 Å². The van der Waals surface area contributed by atoms with E-state index in [1.807, 2.05) is 86.6 Å². The van der Waals surface area contributed by atoms with Gasteiger partial charge in [0, 0.05) is 23.4 Å². The second-order valence-electron chi connectivity index (χ2n) is 8.24. The van der Waals surface area contributed by atoms with Crippen LogP contribution in [0.5, 0.6) is 0 Å². The number of carbonyl (C=O) groups excluding carboxylic acids is 1. The van der Waals surface area contributed by atoms with E-state index in [4.69, 9.17) is 0 Å². The SMILES string of the molecule is Cc1ncc(C)c(-c2ccc(NC(=O)C(NC(=O)O)C(c3ccccc3)c3ccccc3)cc2)n1. The van der Waals surface area contributed by atoms with Crippen molar-refractivity contribution in [2.45, 2.75) is 25.8 Å². The molecule has 0 saturated carbocycles. The van der Waals surface area contributed by atoms with Gasteiger partial charge in [0.2, 0.25) is 5.91 Å². The Kier molecular flexibility index (Phi) is 7.16. The van der Waals surface area contributed by atoms with Gasteiger partial charge < -0.3 is 15.7 Å². The Balaban J connectivity index is 1.63. The predicted molar refractivity (Wildman–Crippen MR) is 135 cm³/mol. The molecule has 7 nitrogen and oxygen atoms in total. The molecule has 7 heteroatoms. The van der Waals surface area contributed by atoms with Crippen LogP contribution in [0, 0.1) is 13.8 Å². The van der Waals surface area contributed by atoms with Crippen LogP contribution in [0.4, 0.5) is 10.5 Å². The molecule has 1 aromatic heterocycles. The lowest BCUT2D eigenvalue weighted by atomic mass is 9.84.